The lowest BCUT2D eigenvalue weighted by molar-refractivity contribution is -0.384. The number of nitro benzene ring substituents is 1. The smallest absolute Gasteiger partial charge is 0.270 e. The van der Waals surface area contributed by atoms with Crippen molar-refractivity contribution < 1.29 is 9.72 Å². The second-order valence-corrected chi connectivity index (χ2v) is 9.51. The monoisotopic (exact) mass is 569 g/mol. The highest BCUT2D eigenvalue weighted by molar-refractivity contribution is 14.1. The van der Waals surface area contributed by atoms with Gasteiger partial charge in [-0.3, -0.25) is 14.9 Å². The lowest BCUT2D eigenvalue weighted by Gasteiger charge is -2.06. The molecule has 0 spiro atoms. The minimum absolute atomic E-state index is 0.0917. The predicted octanol–water partition coefficient (Wildman–Crippen LogP) is 7.13. The molecule has 7 heteroatoms. The lowest BCUT2D eigenvalue weighted by atomic mass is 9.99. The standard InChI is InChI=1S/C28H16IN3O3/c29-19-8-4-7-18(13-19)28-30-25(16-5-2-1-3-6-16)26(31-28)17-9-11-21-22-12-10-20(32(34)35)15-24(22)27(33)23(21)14-17/h1-15H,(H,30,31). The molecule has 0 atom stereocenters. The Morgan fingerprint density at radius 2 is 1.46 bits per heavy atom. The van der Waals surface area contributed by atoms with E-state index < -0.39 is 4.92 Å². The van der Waals surface area contributed by atoms with Gasteiger partial charge < -0.3 is 4.98 Å². The van der Waals surface area contributed by atoms with E-state index in [1.165, 1.54) is 12.1 Å². The van der Waals surface area contributed by atoms with E-state index in [2.05, 4.69) is 33.6 Å². The Balaban J connectivity index is 1.50. The second kappa shape index (κ2) is 8.28. The van der Waals surface area contributed by atoms with E-state index in [1.54, 1.807) is 6.07 Å². The molecule has 1 N–H and O–H groups in total. The molecule has 1 aromatic heterocycles. The number of aromatic nitrogens is 2. The number of aromatic amines is 1. The van der Waals surface area contributed by atoms with Crippen LogP contribution < -0.4 is 0 Å². The maximum atomic E-state index is 13.2. The highest BCUT2D eigenvalue weighted by Gasteiger charge is 2.29. The van der Waals surface area contributed by atoms with E-state index in [0.717, 1.165) is 43.0 Å². The summed E-state index contributed by atoms with van der Waals surface area (Å²) in [6, 6.07) is 28.2. The van der Waals surface area contributed by atoms with Gasteiger partial charge >= 0.3 is 0 Å². The van der Waals surface area contributed by atoms with E-state index in [1.807, 2.05) is 66.7 Å². The van der Waals surface area contributed by atoms with Gasteiger partial charge in [0.15, 0.2) is 5.78 Å². The van der Waals surface area contributed by atoms with Gasteiger partial charge in [0, 0.05) is 43.5 Å². The van der Waals surface area contributed by atoms with Gasteiger partial charge in [-0.05, 0) is 58.0 Å². The number of imidazole rings is 1. The molecule has 0 unspecified atom stereocenters. The molecule has 0 aliphatic heterocycles. The van der Waals surface area contributed by atoms with E-state index in [9.17, 15) is 14.9 Å². The zero-order valence-electron chi connectivity index (χ0n) is 18.2. The number of fused-ring (bicyclic) bond motifs is 3. The van der Waals surface area contributed by atoms with Gasteiger partial charge in [-0.25, -0.2) is 4.98 Å². The summed E-state index contributed by atoms with van der Waals surface area (Å²) in [6.45, 7) is 0. The van der Waals surface area contributed by atoms with Crippen molar-refractivity contribution in [3.8, 4) is 45.0 Å². The number of nitrogens with one attached hydrogen (secondary N) is 1. The maximum absolute atomic E-state index is 13.2. The normalized spacial score (nSPS) is 11.9. The lowest BCUT2D eigenvalue weighted by Crippen LogP contribution is -1.97. The summed E-state index contributed by atoms with van der Waals surface area (Å²) in [4.78, 5) is 32.4. The van der Waals surface area contributed by atoms with Crippen LogP contribution >= 0.6 is 22.6 Å². The number of benzene rings is 4. The Morgan fingerprint density at radius 1 is 0.743 bits per heavy atom. The van der Waals surface area contributed by atoms with Crippen molar-refractivity contribution >= 4 is 34.1 Å². The van der Waals surface area contributed by atoms with Crippen LogP contribution in [0.5, 0.6) is 0 Å². The van der Waals surface area contributed by atoms with Gasteiger partial charge in [-0.2, -0.15) is 0 Å². The van der Waals surface area contributed by atoms with E-state index in [-0.39, 0.29) is 11.5 Å². The van der Waals surface area contributed by atoms with E-state index in [0.29, 0.717) is 16.7 Å². The number of H-pyrrole nitrogens is 1. The SMILES string of the molecule is O=C1c2cc(-c3nc(-c4cccc(I)c4)[nH]c3-c3ccccc3)ccc2-c2ccc([N+](=O)[O-])cc21. The minimum Gasteiger partial charge on any atom is -0.337 e. The van der Waals surface area contributed by atoms with Crippen LogP contribution in [0.25, 0.3) is 45.0 Å². The summed E-state index contributed by atoms with van der Waals surface area (Å²) in [5, 5.41) is 11.2. The van der Waals surface area contributed by atoms with Crippen molar-refractivity contribution in [2.24, 2.45) is 0 Å². The zero-order chi connectivity index (χ0) is 24.1. The Labute approximate surface area is 214 Å². The van der Waals surface area contributed by atoms with Crippen LogP contribution in [0.4, 0.5) is 5.69 Å². The van der Waals surface area contributed by atoms with Crippen LogP contribution in [0.3, 0.4) is 0 Å². The number of carbonyl (C=O) groups is 1. The molecule has 0 amide bonds. The van der Waals surface area contributed by atoms with Gasteiger partial charge in [-0.15, -0.1) is 0 Å². The molecule has 1 aliphatic carbocycles. The molecule has 5 aromatic rings. The van der Waals surface area contributed by atoms with Crippen LogP contribution in [0.1, 0.15) is 15.9 Å². The summed E-state index contributed by atoms with van der Waals surface area (Å²) < 4.78 is 1.11. The van der Waals surface area contributed by atoms with Crippen molar-refractivity contribution in [3.05, 3.63) is 116 Å². The number of nitrogens with zero attached hydrogens (tertiary/aromatic N) is 2. The first-order valence-electron chi connectivity index (χ1n) is 10.9. The highest BCUT2D eigenvalue weighted by atomic mass is 127. The molecular formula is C28H16IN3O3. The number of halogens is 1. The van der Waals surface area contributed by atoms with Crippen molar-refractivity contribution in [3.63, 3.8) is 0 Å². The predicted molar refractivity (Wildman–Crippen MR) is 143 cm³/mol. The van der Waals surface area contributed by atoms with Crippen molar-refractivity contribution in [1.82, 2.24) is 9.97 Å². The van der Waals surface area contributed by atoms with Gasteiger partial charge in [0.25, 0.3) is 5.69 Å². The van der Waals surface area contributed by atoms with Crippen LogP contribution in [-0.4, -0.2) is 20.7 Å². The number of hydrogen-bond donors (Lipinski definition) is 1. The largest absolute Gasteiger partial charge is 0.337 e. The first-order valence-corrected chi connectivity index (χ1v) is 12.0. The average Bonchev–Trinajstić information content (AvgIpc) is 3.44. The minimum atomic E-state index is -0.482. The molecule has 1 aliphatic rings. The fraction of sp³-hybridized carbons (Fsp3) is 0. The van der Waals surface area contributed by atoms with Crippen molar-refractivity contribution in [2.45, 2.75) is 0 Å². The van der Waals surface area contributed by atoms with E-state index >= 15 is 0 Å². The van der Waals surface area contributed by atoms with E-state index in [4.69, 9.17) is 4.98 Å². The van der Waals surface area contributed by atoms with Gasteiger partial charge in [0.1, 0.15) is 5.82 Å². The summed E-state index contributed by atoms with van der Waals surface area (Å²) in [5.41, 5.74) is 6.63. The number of ketones is 1. The molecule has 0 saturated carbocycles. The Kier molecular flexibility index (Phi) is 5.07. The molecule has 6 nitrogen and oxygen atoms in total. The summed E-state index contributed by atoms with van der Waals surface area (Å²) in [7, 11) is 0. The number of hydrogen-bond acceptors (Lipinski definition) is 4. The van der Waals surface area contributed by atoms with Gasteiger partial charge in [-0.1, -0.05) is 54.6 Å². The summed E-state index contributed by atoms with van der Waals surface area (Å²) >= 11 is 2.28. The molecule has 35 heavy (non-hydrogen) atoms. The molecule has 0 bridgehead atoms. The Bertz CT molecular complexity index is 1660. The Hall–Kier alpha value is -4.11. The first-order chi connectivity index (χ1) is 17.0. The third-order valence-electron chi connectivity index (χ3n) is 6.15. The fourth-order valence-electron chi connectivity index (χ4n) is 4.50. The summed E-state index contributed by atoms with van der Waals surface area (Å²) in [5.74, 6) is 0.526. The molecular weight excluding hydrogens is 553 g/mol. The zero-order valence-corrected chi connectivity index (χ0v) is 20.3. The summed E-state index contributed by atoms with van der Waals surface area (Å²) in [6.07, 6.45) is 0. The average molecular weight is 569 g/mol. The first kappa shape index (κ1) is 21.4. The van der Waals surface area contributed by atoms with Gasteiger partial charge in [0.2, 0.25) is 0 Å². The van der Waals surface area contributed by atoms with Crippen LogP contribution in [0.2, 0.25) is 0 Å². The fourth-order valence-corrected chi connectivity index (χ4v) is 5.04. The third-order valence-corrected chi connectivity index (χ3v) is 6.82. The third kappa shape index (κ3) is 3.64. The molecule has 4 aromatic carbocycles. The van der Waals surface area contributed by atoms with Crippen molar-refractivity contribution in [2.75, 3.05) is 0 Å². The van der Waals surface area contributed by atoms with Crippen molar-refractivity contribution in [1.29, 1.82) is 0 Å². The second-order valence-electron chi connectivity index (χ2n) is 8.26. The topological polar surface area (TPSA) is 88.9 Å². The maximum Gasteiger partial charge on any atom is 0.270 e. The number of non-ortho nitro benzene ring substituents is 1. The van der Waals surface area contributed by atoms with Crippen LogP contribution in [0.15, 0.2) is 91.0 Å². The van der Waals surface area contributed by atoms with Gasteiger partial charge in [0.05, 0.1) is 16.3 Å². The molecule has 168 valence electrons. The molecule has 0 saturated heterocycles. The van der Waals surface area contributed by atoms with Crippen LogP contribution in [0, 0.1) is 13.7 Å². The quantitative estimate of drug-likeness (QED) is 0.139. The number of rotatable bonds is 4. The number of carbonyl (C=O) groups excluding carboxylic acids is 1. The molecule has 0 fully saturated rings. The number of nitro groups is 1. The molecule has 0 radical (unpaired) electrons. The molecule has 1 heterocycles. The van der Waals surface area contributed by atoms with Crippen LogP contribution in [-0.2, 0) is 0 Å². The highest BCUT2D eigenvalue weighted by Crippen LogP contribution is 2.41. The molecule has 6 rings (SSSR count). The Morgan fingerprint density at radius 3 is 2.20 bits per heavy atom.